The van der Waals surface area contributed by atoms with Crippen molar-refractivity contribution in [2.45, 2.75) is 13.1 Å². The summed E-state index contributed by atoms with van der Waals surface area (Å²) in [4.78, 5) is 0. The lowest BCUT2D eigenvalue weighted by Crippen LogP contribution is -2.08. The topological polar surface area (TPSA) is 38.0 Å². The van der Waals surface area contributed by atoms with Crippen molar-refractivity contribution in [1.29, 1.82) is 0 Å². The Morgan fingerprint density at radius 2 is 1.74 bits per heavy atom. The lowest BCUT2D eigenvalue weighted by Gasteiger charge is -2.15. The van der Waals surface area contributed by atoms with E-state index in [2.05, 4.69) is 5.32 Å². The van der Waals surface area contributed by atoms with Crippen LogP contribution in [0.1, 0.15) is 11.1 Å². The highest BCUT2D eigenvalue weighted by Crippen LogP contribution is 2.36. The van der Waals surface area contributed by atoms with Gasteiger partial charge in [0.15, 0.2) is 0 Å². The van der Waals surface area contributed by atoms with Gasteiger partial charge in [0.25, 0.3) is 0 Å². The van der Waals surface area contributed by atoms with Crippen molar-refractivity contribution >= 4 is 17.1 Å². The highest BCUT2D eigenvalue weighted by molar-refractivity contribution is 5.67. The second kappa shape index (κ2) is 4.84. The number of hydrogen-bond acceptors (Lipinski definition) is 2. The van der Waals surface area contributed by atoms with E-state index < -0.39 is 11.7 Å². The van der Waals surface area contributed by atoms with Crippen molar-refractivity contribution in [1.82, 2.24) is 0 Å². The molecule has 0 saturated carbocycles. The molecule has 0 aliphatic rings. The number of benzene rings is 2. The zero-order chi connectivity index (χ0) is 14.0. The summed E-state index contributed by atoms with van der Waals surface area (Å²) < 4.78 is 38.5. The van der Waals surface area contributed by atoms with E-state index in [9.17, 15) is 13.2 Å². The highest BCUT2D eigenvalue weighted by Gasteiger charge is 2.33. The quantitative estimate of drug-likeness (QED) is 0.793. The van der Waals surface area contributed by atoms with Gasteiger partial charge in [0.1, 0.15) is 0 Å². The molecule has 19 heavy (non-hydrogen) atoms. The molecule has 2 nitrogen and oxygen atoms in total. The van der Waals surface area contributed by atoms with E-state index in [1.54, 1.807) is 24.3 Å². The molecular formula is C14H13F3N2. The van der Waals surface area contributed by atoms with Crippen molar-refractivity contribution < 1.29 is 13.2 Å². The molecule has 0 aliphatic heterocycles. The third-order valence-corrected chi connectivity index (χ3v) is 2.61. The number of rotatable bonds is 2. The molecule has 0 unspecified atom stereocenters. The Bertz CT molecular complexity index is 571. The fourth-order valence-electron chi connectivity index (χ4n) is 1.88. The van der Waals surface area contributed by atoms with Crippen LogP contribution in [-0.4, -0.2) is 0 Å². The van der Waals surface area contributed by atoms with E-state index >= 15 is 0 Å². The number of para-hydroxylation sites is 1. The summed E-state index contributed by atoms with van der Waals surface area (Å²) in [6, 6.07) is 10.4. The lowest BCUT2D eigenvalue weighted by molar-refractivity contribution is -0.136. The van der Waals surface area contributed by atoms with Crippen LogP contribution in [0.3, 0.4) is 0 Å². The van der Waals surface area contributed by atoms with Crippen LogP contribution in [-0.2, 0) is 6.18 Å². The molecule has 0 heterocycles. The number of alkyl halides is 3. The van der Waals surface area contributed by atoms with Crippen LogP contribution in [0.2, 0.25) is 0 Å². The number of anilines is 3. The minimum absolute atomic E-state index is 0.0139. The van der Waals surface area contributed by atoms with Gasteiger partial charge in [-0.25, -0.2) is 0 Å². The standard InChI is InChI=1S/C14H13F3N2/c1-9-6-10(18)8-11(7-9)19-13-5-3-2-4-12(13)14(15,16)17/h2-8,19H,18H2,1H3. The second-order valence-electron chi connectivity index (χ2n) is 4.30. The summed E-state index contributed by atoms with van der Waals surface area (Å²) in [6.07, 6.45) is -4.39. The Kier molecular flexibility index (Phi) is 3.38. The summed E-state index contributed by atoms with van der Waals surface area (Å²) in [6.45, 7) is 1.83. The van der Waals surface area contributed by atoms with Crippen molar-refractivity contribution in [2.75, 3.05) is 11.1 Å². The molecule has 100 valence electrons. The number of hydrogen-bond donors (Lipinski definition) is 2. The van der Waals surface area contributed by atoms with Gasteiger partial charge in [-0.1, -0.05) is 12.1 Å². The normalized spacial score (nSPS) is 11.4. The smallest absolute Gasteiger partial charge is 0.399 e. The molecule has 0 aromatic heterocycles. The van der Waals surface area contributed by atoms with Crippen LogP contribution < -0.4 is 11.1 Å². The molecule has 2 aromatic rings. The number of nitrogens with one attached hydrogen (secondary N) is 1. The summed E-state index contributed by atoms with van der Waals surface area (Å²) in [5.41, 5.74) is 6.91. The first-order valence-electron chi connectivity index (χ1n) is 5.67. The molecule has 2 rings (SSSR count). The SMILES string of the molecule is Cc1cc(N)cc(Nc2ccccc2C(F)(F)F)c1. The fourth-order valence-corrected chi connectivity index (χ4v) is 1.88. The van der Waals surface area contributed by atoms with Gasteiger partial charge < -0.3 is 11.1 Å². The van der Waals surface area contributed by atoms with Gasteiger partial charge >= 0.3 is 6.18 Å². The fraction of sp³-hybridized carbons (Fsp3) is 0.143. The highest BCUT2D eigenvalue weighted by atomic mass is 19.4. The predicted octanol–water partition coefficient (Wildman–Crippen LogP) is 4.34. The van der Waals surface area contributed by atoms with Crippen molar-refractivity contribution in [3.05, 3.63) is 53.6 Å². The second-order valence-corrected chi connectivity index (χ2v) is 4.30. The van der Waals surface area contributed by atoms with Gasteiger partial charge in [0.05, 0.1) is 11.3 Å². The number of halogens is 3. The molecule has 0 radical (unpaired) electrons. The third kappa shape index (κ3) is 3.19. The Balaban J connectivity index is 2.38. The zero-order valence-corrected chi connectivity index (χ0v) is 10.3. The monoisotopic (exact) mass is 266 g/mol. The maximum absolute atomic E-state index is 12.8. The predicted molar refractivity (Wildman–Crippen MR) is 70.3 cm³/mol. The van der Waals surface area contributed by atoms with Crippen LogP contribution in [0.5, 0.6) is 0 Å². The maximum atomic E-state index is 12.8. The molecule has 5 heteroatoms. The Labute approximate surface area is 109 Å². The minimum atomic E-state index is -4.39. The molecule has 3 N–H and O–H groups in total. The largest absolute Gasteiger partial charge is 0.418 e. The lowest BCUT2D eigenvalue weighted by atomic mass is 10.1. The Hall–Kier alpha value is -2.17. The zero-order valence-electron chi connectivity index (χ0n) is 10.3. The van der Waals surface area contributed by atoms with Gasteiger partial charge in [-0.3, -0.25) is 0 Å². The molecule has 2 aromatic carbocycles. The molecule has 0 fully saturated rings. The van der Waals surface area contributed by atoms with Gasteiger partial charge in [0.2, 0.25) is 0 Å². The number of nitrogens with two attached hydrogens (primary N) is 1. The van der Waals surface area contributed by atoms with Crippen molar-refractivity contribution in [2.24, 2.45) is 0 Å². The first-order chi connectivity index (χ1) is 8.86. The molecule has 0 amide bonds. The summed E-state index contributed by atoms with van der Waals surface area (Å²) in [7, 11) is 0. The number of aryl methyl sites for hydroxylation is 1. The number of nitrogen functional groups attached to an aromatic ring is 1. The van der Waals surface area contributed by atoms with Crippen LogP contribution in [0.15, 0.2) is 42.5 Å². The molecular weight excluding hydrogens is 253 g/mol. The molecule has 0 aliphatic carbocycles. The van der Waals surface area contributed by atoms with Crippen LogP contribution >= 0.6 is 0 Å². The van der Waals surface area contributed by atoms with Gasteiger partial charge in [-0.05, 0) is 42.8 Å². The van der Waals surface area contributed by atoms with Gasteiger partial charge in [-0.15, -0.1) is 0 Å². The summed E-state index contributed by atoms with van der Waals surface area (Å²) in [5.74, 6) is 0. The van der Waals surface area contributed by atoms with Crippen molar-refractivity contribution in [3.63, 3.8) is 0 Å². The summed E-state index contributed by atoms with van der Waals surface area (Å²) >= 11 is 0. The van der Waals surface area contributed by atoms with E-state index in [1.807, 2.05) is 6.92 Å². The van der Waals surface area contributed by atoms with Gasteiger partial charge in [-0.2, -0.15) is 13.2 Å². The van der Waals surface area contributed by atoms with Crippen LogP contribution in [0, 0.1) is 6.92 Å². The molecule has 0 atom stereocenters. The maximum Gasteiger partial charge on any atom is 0.418 e. The first-order valence-corrected chi connectivity index (χ1v) is 5.67. The van der Waals surface area contributed by atoms with Crippen molar-refractivity contribution in [3.8, 4) is 0 Å². The molecule has 0 spiro atoms. The third-order valence-electron chi connectivity index (χ3n) is 2.61. The van der Waals surface area contributed by atoms with Crippen LogP contribution in [0.25, 0.3) is 0 Å². The Morgan fingerprint density at radius 1 is 1.05 bits per heavy atom. The minimum Gasteiger partial charge on any atom is -0.399 e. The Morgan fingerprint density at radius 3 is 2.37 bits per heavy atom. The van der Waals surface area contributed by atoms with Gasteiger partial charge in [0, 0.05) is 11.4 Å². The van der Waals surface area contributed by atoms with E-state index in [0.717, 1.165) is 11.6 Å². The van der Waals surface area contributed by atoms with Crippen LogP contribution in [0.4, 0.5) is 30.2 Å². The average Bonchev–Trinajstić information content (AvgIpc) is 2.26. The van der Waals surface area contributed by atoms with E-state index in [1.165, 1.54) is 12.1 Å². The van der Waals surface area contributed by atoms with E-state index in [4.69, 9.17) is 5.73 Å². The van der Waals surface area contributed by atoms with E-state index in [-0.39, 0.29) is 5.69 Å². The molecule has 0 bridgehead atoms. The summed E-state index contributed by atoms with van der Waals surface area (Å²) in [5, 5.41) is 2.76. The van der Waals surface area contributed by atoms with E-state index in [0.29, 0.717) is 11.4 Å². The average molecular weight is 266 g/mol. The molecule has 0 saturated heterocycles. The first kappa shape index (κ1) is 13.3.